The second-order valence-corrected chi connectivity index (χ2v) is 9.58. The summed E-state index contributed by atoms with van der Waals surface area (Å²) in [4.78, 5) is 0. The van der Waals surface area contributed by atoms with E-state index in [1.165, 1.54) is 5.57 Å². The molecule has 3 rings (SSSR count). The number of nitrogens with two attached hydrogens (primary N) is 1. The van der Waals surface area contributed by atoms with Gasteiger partial charge in [-0.15, -0.1) is 0 Å². The Morgan fingerprint density at radius 2 is 1.88 bits per heavy atom. The van der Waals surface area contributed by atoms with E-state index in [1.807, 2.05) is 0 Å². The molecule has 0 amide bonds. The second kappa shape index (κ2) is 7.51. The Morgan fingerprint density at radius 3 is 2.54 bits per heavy atom. The monoisotopic (exact) mass is 366 g/mol. The Hall–Kier alpha value is -0.460. The molecule has 3 fully saturated rings. The van der Waals surface area contributed by atoms with E-state index in [0.717, 1.165) is 38.6 Å². The van der Waals surface area contributed by atoms with Gasteiger partial charge in [-0.1, -0.05) is 26.0 Å². The molecule has 0 aliphatic heterocycles. The normalized spacial score (nSPS) is 49.2. The van der Waals surface area contributed by atoms with Gasteiger partial charge in [-0.25, -0.2) is 0 Å². The summed E-state index contributed by atoms with van der Waals surface area (Å²) in [5, 5.41) is 33.5. The van der Waals surface area contributed by atoms with Gasteiger partial charge in [0.05, 0.1) is 18.8 Å². The minimum absolute atomic E-state index is 0.0648. The van der Waals surface area contributed by atoms with Crippen molar-refractivity contribution >= 4 is 0 Å². The van der Waals surface area contributed by atoms with Crippen LogP contribution in [0.1, 0.15) is 52.4 Å². The molecule has 0 aromatic heterocycles. The smallest absolute Gasteiger partial charge is 0.0621 e. The van der Waals surface area contributed by atoms with Crippen molar-refractivity contribution in [2.75, 3.05) is 19.7 Å². The van der Waals surface area contributed by atoms with Crippen molar-refractivity contribution in [2.24, 2.45) is 34.3 Å². The van der Waals surface area contributed by atoms with Gasteiger partial charge in [0.1, 0.15) is 0 Å². The first-order valence-corrected chi connectivity index (χ1v) is 10.4. The Bertz CT molecular complexity index is 527. The molecule has 0 aromatic rings. The Labute approximate surface area is 158 Å². The molecule has 6 N–H and O–H groups in total. The van der Waals surface area contributed by atoms with Crippen LogP contribution in [0.15, 0.2) is 12.2 Å². The largest absolute Gasteiger partial charge is 0.395 e. The van der Waals surface area contributed by atoms with Crippen molar-refractivity contribution in [3.63, 3.8) is 0 Å². The van der Waals surface area contributed by atoms with Crippen LogP contribution in [0.2, 0.25) is 0 Å². The van der Waals surface area contributed by atoms with Crippen LogP contribution in [-0.4, -0.2) is 53.3 Å². The van der Waals surface area contributed by atoms with Gasteiger partial charge < -0.3 is 26.4 Å². The van der Waals surface area contributed by atoms with E-state index in [2.05, 4.69) is 25.7 Å². The average molecular weight is 367 g/mol. The highest BCUT2D eigenvalue weighted by atomic mass is 16.3. The number of fused-ring (bicyclic) bond motifs is 1. The summed E-state index contributed by atoms with van der Waals surface area (Å²) in [6.07, 6.45) is 4.40. The Kier molecular flexibility index (Phi) is 5.86. The van der Waals surface area contributed by atoms with E-state index >= 15 is 0 Å². The van der Waals surface area contributed by atoms with Gasteiger partial charge in [0.2, 0.25) is 0 Å². The van der Waals surface area contributed by atoms with E-state index in [9.17, 15) is 15.3 Å². The number of rotatable bonds is 5. The van der Waals surface area contributed by atoms with Crippen LogP contribution in [0.4, 0.5) is 0 Å². The fraction of sp³-hybridized carbons (Fsp3) is 0.905. The third kappa shape index (κ3) is 3.26. The van der Waals surface area contributed by atoms with Crippen LogP contribution in [0, 0.1) is 28.6 Å². The Morgan fingerprint density at radius 1 is 1.15 bits per heavy atom. The lowest BCUT2D eigenvalue weighted by atomic mass is 9.51. The zero-order valence-electron chi connectivity index (χ0n) is 16.5. The van der Waals surface area contributed by atoms with E-state index in [-0.39, 0.29) is 29.6 Å². The molecule has 0 heterocycles. The molecule has 8 atom stereocenters. The predicted molar refractivity (Wildman–Crippen MR) is 103 cm³/mol. The van der Waals surface area contributed by atoms with Gasteiger partial charge in [-0.3, -0.25) is 0 Å². The summed E-state index contributed by atoms with van der Waals surface area (Å²) in [7, 11) is 0. The number of hydrogen-bond donors (Lipinski definition) is 5. The van der Waals surface area contributed by atoms with Crippen LogP contribution >= 0.6 is 0 Å². The molecule has 0 aromatic carbocycles. The van der Waals surface area contributed by atoms with Crippen molar-refractivity contribution in [3.8, 4) is 0 Å². The van der Waals surface area contributed by atoms with Crippen molar-refractivity contribution in [2.45, 2.75) is 70.6 Å². The van der Waals surface area contributed by atoms with Crippen LogP contribution in [0.3, 0.4) is 0 Å². The highest BCUT2D eigenvalue weighted by molar-refractivity contribution is 5.26. The van der Waals surface area contributed by atoms with Gasteiger partial charge in [-0.2, -0.15) is 0 Å². The van der Waals surface area contributed by atoms with Gasteiger partial charge in [0.25, 0.3) is 0 Å². The van der Waals surface area contributed by atoms with Crippen molar-refractivity contribution in [1.82, 2.24) is 5.32 Å². The molecular formula is C21H38N2O3. The Balaban J connectivity index is 1.88. The molecule has 0 radical (unpaired) electrons. The molecular weight excluding hydrogens is 328 g/mol. The molecule has 3 unspecified atom stereocenters. The molecule has 26 heavy (non-hydrogen) atoms. The molecule has 3 aliphatic carbocycles. The molecule has 0 saturated heterocycles. The van der Waals surface area contributed by atoms with Crippen LogP contribution in [0.25, 0.3) is 0 Å². The van der Waals surface area contributed by atoms with Crippen LogP contribution in [0.5, 0.6) is 0 Å². The summed E-state index contributed by atoms with van der Waals surface area (Å²) in [6, 6.07) is 0.0648. The average Bonchev–Trinajstić information content (AvgIpc) is 2.83. The van der Waals surface area contributed by atoms with Gasteiger partial charge in [0, 0.05) is 12.6 Å². The topological polar surface area (TPSA) is 98.7 Å². The standard InChI is InChI=1S/C21H38N2O3/c1-13-18(22)11-17-15(12-23-8-9-24)16(5-7-20(13,17)2)21(3)6-4-14(25)10-19(21)26/h14-19,23-26H,1,4-12,22H2,2-3H3/t14-,15+,16?,17?,18?,19-,20+,21+/m0/s1. The van der Waals surface area contributed by atoms with Gasteiger partial charge in [0.15, 0.2) is 0 Å². The maximum absolute atomic E-state index is 10.9. The molecule has 0 spiro atoms. The summed E-state index contributed by atoms with van der Waals surface area (Å²) in [5.74, 6) is 1.26. The quantitative estimate of drug-likeness (QED) is 0.374. The molecule has 0 bridgehead atoms. The summed E-state index contributed by atoms with van der Waals surface area (Å²) in [5.41, 5.74) is 7.51. The first-order chi connectivity index (χ1) is 12.2. The van der Waals surface area contributed by atoms with E-state index in [4.69, 9.17) is 5.73 Å². The van der Waals surface area contributed by atoms with Crippen molar-refractivity contribution in [3.05, 3.63) is 12.2 Å². The molecule has 5 heteroatoms. The summed E-state index contributed by atoms with van der Waals surface area (Å²) < 4.78 is 0. The van der Waals surface area contributed by atoms with Gasteiger partial charge in [-0.05, 0) is 73.7 Å². The summed E-state index contributed by atoms with van der Waals surface area (Å²) in [6.45, 7) is 10.5. The molecule has 150 valence electrons. The fourth-order valence-corrected chi connectivity index (χ4v) is 6.45. The van der Waals surface area contributed by atoms with Crippen molar-refractivity contribution < 1.29 is 15.3 Å². The minimum atomic E-state index is -0.459. The highest BCUT2D eigenvalue weighted by Gasteiger charge is 2.58. The second-order valence-electron chi connectivity index (χ2n) is 9.58. The SMILES string of the molecule is C=C1C(N)CC2[C@H](CNCCO)C([C@@]3(C)CC[C@H](O)C[C@@H]3O)CC[C@]12C. The maximum Gasteiger partial charge on any atom is 0.0621 e. The first-order valence-electron chi connectivity index (χ1n) is 10.4. The third-order valence-corrected chi connectivity index (χ3v) is 8.30. The van der Waals surface area contributed by atoms with E-state index in [1.54, 1.807) is 0 Å². The van der Waals surface area contributed by atoms with Crippen molar-refractivity contribution in [1.29, 1.82) is 0 Å². The first kappa shape index (κ1) is 20.3. The lowest BCUT2D eigenvalue weighted by molar-refractivity contribution is -0.118. The fourth-order valence-electron chi connectivity index (χ4n) is 6.45. The third-order valence-electron chi connectivity index (χ3n) is 8.30. The maximum atomic E-state index is 10.9. The minimum Gasteiger partial charge on any atom is -0.395 e. The zero-order valence-corrected chi connectivity index (χ0v) is 16.5. The molecule has 3 saturated carbocycles. The van der Waals surface area contributed by atoms with Crippen LogP contribution in [-0.2, 0) is 0 Å². The predicted octanol–water partition coefficient (Wildman–Crippen LogP) is 1.42. The molecule has 5 nitrogen and oxygen atoms in total. The van der Waals surface area contributed by atoms with E-state index < -0.39 is 6.10 Å². The van der Waals surface area contributed by atoms with Crippen LogP contribution < -0.4 is 11.1 Å². The highest BCUT2D eigenvalue weighted by Crippen LogP contribution is 2.62. The summed E-state index contributed by atoms with van der Waals surface area (Å²) >= 11 is 0. The number of hydrogen-bond acceptors (Lipinski definition) is 5. The van der Waals surface area contributed by atoms with E-state index in [0.29, 0.717) is 30.7 Å². The zero-order chi connectivity index (χ0) is 19.1. The molecule has 3 aliphatic rings. The number of aliphatic hydroxyl groups is 3. The lowest BCUT2D eigenvalue weighted by Crippen LogP contribution is -2.54. The number of nitrogens with one attached hydrogen (secondary N) is 1. The van der Waals surface area contributed by atoms with Gasteiger partial charge >= 0.3 is 0 Å². The lowest BCUT2D eigenvalue weighted by Gasteiger charge is -2.55. The number of aliphatic hydroxyl groups excluding tert-OH is 3.